The van der Waals surface area contributed by atoms with Crippen LogP contribution in [0.5, 0.6) is 11.5 Å². The van der Waals surface area contributed by atoms with Gasteiger partial charge in [0, 0.05) is 12.5 Å². The fourth-order valence-electron chi connectivity index (χ4n) is 2.33. The second-order valence-electron chi connectivity index (χ2n) is 4.38. The number of amides is 1. The minimum atomic E-state index is -0.617. The highest BCUT2D eigenvalue weighted by atomic mass is 16.5. The van der Waals surface area contributed by atoms with Gasteiger partial charge in [-0.15, -0.1) is 0 Å². The van der Waals surface area contributed by atoms with Crippen LogP contribution in [0.4, 0.5) is 5.69 Å². The topological polar surface area (TPSA) is 65.1 Å². The normalized spacial score (nSPS) is 18.1. The maximum atomic E-state index is 12.1. The molecule has 1 aliphatic heterocycles. The Labute approximate surface area is 117 Å². The molecule has 1 saturated heterocycles. The summed E-state index contributed by atoms with van der Waals surface area (Å²) in [7, 11) is 4.36. The van der Waals surface area contributed by atoms with Crippen LogP contribution in [0.25, 0.3) is 0 Å². The number of esters is 1. The van der Waals surface area contributed by atoms with Gasteiger partial charge in [0.1, 0.15) is 17.5 Å². The average Bonchev–Trinajstić information content (AvgIpc) is 2.87. The third-order valence-corrected chi connectivity index (χ3v) is 3.33. The Morgan fingerprint density at radius 2 is 2.00 bits per heavy atom. The van der Waals surface area contributed by atoms with Gasteiger partial charge in [0.25, 0.3) is 0 Å². The van der Waals surface area contributed by atoms with Crippen molar-refractivity contribution in [3.63, 3.8) is 0 Å². The number of anilines is 1. The quantitative estimate of drug-likeness (QED) is 0.779. The molecule has 0 aromatic heterocycles. The van der Waals surface area contributed by atoms with Gasteiger partial charge in [-0.1, -0.05) is 0 Å². The number of ether oxygens (including phenoxy) is 3. The van der Waals surface area contributed by atoms with Crippen LogP contribution >= 0.6 is 0 Å². The van der Waals surface area contributed by atoms with Gasteiger partial charge in [-0.3, -0.25) is 9.69 Å². The molecule has 6 heteroatoms. The van der Waals surface area contributed by atoms with Crippen molar-refractivity contribution in [2.75, 3.05) is 26.2 Å². The SMILES string of the molecule is COC(=O)C1CCC(=O)N1c1cc(OC)ccc1OC. The number of methoxy groups -OCH3 is 3. The first-order chi connectivity index (χ1) is 9.62. The zero-order chi connectivity index (χ0) is 14.7. The predicted molar refractivity (Wildman–Crippen MR) is 72.1 cm³/mol. The fourth-order valence-corrected chi connectivity index (χ4v) is 2.33. The van der Waals surface area contributed by atoms with E-state index in [4.69, 9.17) is 14.2 Å². The summed E-state index contributed by atoms with van der Waals surface area (Å²) in [4.78, 5) is 25.3. The summed E-state index contributed by atoms with van der Waals surface area (Å²) in [6.45, 7) is 0. The second kappa shape index (κ2) is 5.81. The third-order valence-electron chi connectivity index (χ3n) is 3.33. The van der Waals surface area contributed by atoms with E-state index in [9.17, 15) is 9.59 Å². The number of rotatable bonds is 4. The molecule has 0 spiro atoms. The molecular formula is C14H17NO5. The van der Waals surface area contributed by atoms with Crippen molar-refractivity contribution < 1.29 is 23.8 Å². The van der Waals surface area contributed by atoms with Crippen LogP contribution in [-0.2, 0) is 14.3 Å². The molecule has 1 aromatic carbocycles. The van der Waals surface area contributed by atoms with Crippen LogP contribution in [0.15, 0.2) is 18.2 Å². The van der Waals surface area contributed by atoms with Gasteiger partial charge in [0.05, 0.1) is 27.0 Å². The molecule has 6 nitrogen and oxygen atoms in total. The molecule has 1 atom stereocenters. The summed E-state index contributed by atoms with van der Waals surface area (Å²) >= 11 is 0. The highest BCUT2D eigenvalue weighted by Crippen LogP contribution is 2.37. The van der Waals surface area contributed by atoms with E-state index in [1.807, 2.05) is 0 Å². The Bertz CT molecular complexity index is 528. The Morgan fingerprint density at radius 3 is 2.60 bits per heavy atom. The van der Waals surface area contributed by atoms with Crippen molar-refractivity contribution in [2.24, 2.45) is 0 Å². The van der Waals surface area contributed by atoms with Gasteiger partial charge in [0.15, 0.2) is 0 Å². The maximum absolute atomic E-state index is 12.1. The van der Waals surface area contributed by atoms with Crippen LogP contribution in [-0.4, -0.2) is 39.2 Å². The number of hydrogen-bond donors (Lipinski definition) is 0. The molecule has 0 saturated carbocycles. The molecule has 0 N–H and O–H groups in total. The van der Waals surface area contributed by atoms with Crippen molar-refractivity contribution in [2.45, 2.75) is 18.9 Å². The van der Waals surface area contributed by atoms with Gasteiger partial charge in [-0.25, -0.2) is 4.79 Å². The summed E-state index contributed by atoms with van der Waals surface area (Å²) in [6.07, 6.45) is 0.742. The summed E-state index contributed by atoms with van der Waals surface area (Å²) in [5.41, 5.74) is 0.518. The average molecular weight is 279 g/mol. The molecule has 1 aliphatic rings. The second-order valence-corrected chi connectivity index (χ2v) is 4.38. The molecular weight excluding hydrogens is 262 g/mol. The van der Waals surface area contributed by atoms with E-state index in [1.54, 1.807) is 18.2 Å². The van der Waals surface area contributed by atoms with Crippen molar-refractivity contribution in [3.05, 3.63) is 18.2 Å². The maximum Gasteiger partial charge on any atom is 0.328 e. The summed E-state index contributed by atoms with van der Waals surface area (Å²) in [6, 6.07) is 4.50. The monoisotopic (exact) mass is 279 g/mol. The lowest BCUT2D eigenvalue weighted by Gasteiger charge is -2.25. The molecule has 0 aliphatic carbocycles. The van der Waals surface area contributed by atoms with Crippen LogP contribution in [0.2, 0.25) is 0 Å². The van der Waals surface area contributed by atoms with E-state index in [2.05, 4.69) is 0 Å². The Hall–Kier alpha value is -2.24. The molecule has 0 radical (unpaired) electrons. The fraction of sp³-hybridized carbons (Fsp3) is 0.429. The van der Waals surface area contributed by atoms with E-state index < -0.39 is 12.0 Å². The van der Waals surface area contributed by atoms with Crippen LogP contribution in [0.1, 0.15) is 12.8 Å². The lowest BCUT2D eigenvalue weighted by atomic mass is 10.2. The molecule has 1 amide bonds. The number of benzene rings is 1. The summed E-state index contributed by atoms with van der Waals surface area (Å²) < 4.78 is 15.2. The molecule has 20 heavy (non-hydrogen) atoms. The third kappa shape index (κ3) is 2.41. The first-order valence-corrected chi connectivity index (χ1v) is 6.24. The van der Waals surface area contributed by atoms with Crippen molar-refractivity contribution in [1.82, 2.24) is 0 Å². The molecule has 108 valence electrons. The van der Waals surface area contributed by atoms with Crippen LogP contribution in [0.3, 0.4) is 0 Å². The van der Waals surface area contributed by atoms with Gasteiger partial charge >= 0.3 is 5.97 Å². The number of hydrogen-bond acceptors (Lipinski definition) is 5. The first-order valence-electron chi connectivity index (χ1n) is 6.24. The van der Waals surface area contributed by atoms with E-state index in [0.717, 1.165) is 0 Å². The predicted octanol–water partition coefficient (Wildman–Crippen LogP) is 1.37. The minimum Gasteiger partial charge on any atom is -0.497 e. The molecule has 2 rings (SSSR count). The molecule has 1 unspecified atom stereocenters. The van der Waals surface area contributed by atoms with Gasteiger partial charge < -0.3 is 14.2 Å². The molecule has 1 aromatic rings. The Kier molecular flexibility index (Phi) is 4.12. The zero-order valence-corrected chi connectivity index (χ0v) is 11.7. The van der Waals surface area contributed by atoms with Crippen molar-refractivity contribution in [3.8, 4) is 11.5 Å². The van der Waals surface area contributed by atoms with Crippen molar-refractivity contribution >= 4 is 17.6 Å². The highest BCUT2D eigenvalue weighted by Gasteiger charge is 2.39. The zero-order valence-electron chi connectivity index (χ0n) is 11.7. The van der Waals surface area contributed by atoms with Gasteiger partial charge in [0.2, 0.25) is 5.91 Å². The molecule has 1 heterocycles. The van der Waals surface area contributed by atoms with Crippen LogP contribution < -0.4 is 14.4 Å². The van der Waals surface area contributed by atoms with Crippen molar-refractivity contribution in [1.29, 1.82) is 0 Å². The van der Waals surface area contributed by atoms with E-state index >= 15 is 0 Å². The number of nitrogens with zero attached hydrogens (tertiary/aromatic N) is 1. The van der Waals surface area contributed by atoms with Gasteiger partial charge in [-0.2, -0.15) is 0 Å². The number of carbonyl (C=O) groups is 2. The minimum absolute atomic E-state index is 0.132. The van der Waals surface area contributed by atoms with E-state index in [1.165, 1.54) is 26.2 Å². The lowest BCUT2D eigenvalue weighted by Crippen LogP contribution is -2.39. The number of carbonyl (C=O) groups excluding carboxylic acids is 2. The highest BCUT2D eigenvalue weighted by molar-refractivity contribution is 6.03. The van der Waals surface area contributed by atoms with E-state index in [0.29, 0.717) is 30.0 Å². The Morgan fingerprint density at radius 1 is 1.25 bits per heavy atom. The van der Waals surface area contributed by atoms with Gasteiger partial charge in [-0.05, 0) is 18.6 Å². The largest absolute Gasteiger partial charge is 0.497 e. The standard InChI is InChI=1S/C14H17NO5/c1-18-9-4-6-12(19-2)11(8-9)15-10(14(17)20-3)5-7-13(15)16/h4,6,8,10H,5,7H2,1-3H3. The van der Waals surface area contributed by atoms with E-state index in [-0.39, 0.29) is 5.91 Å². The lowest BCUT2D eigenvalue weighted by molar-refractivity contribution is -0.142. The summed E-state index contributed by atoms with van der Waals surface area (Å²) in [5, 5.41) is 0. The smallest absolute Gasteiger partial charge is 0.328 e. The first kappa shape index (κ1) is 14.2. The summed E-state index contributed by atoms with van der Waals surface area (Å²) in [5.74, 6) is 0.534. The molecule has 1 fully saturated rings. The Balaban J connectivity index is 2.46. The molecule has 0 bridgehead atoms. The van der Waals surface area contributed by atoms with Crippen LogP contribution in [0, 0.1) is 0 Å².